The summed E-state index contributed by atoms with van der Waals surface area (Å²) in [5, 5.41) is 18.1. The van der Waals surface area contributed by atoms with Crippen molar-refractivity contribution in [2.45, 2.75) is 101 Å². The van der Waals surface area contributed by atoms with Crippen LogP contribution in [-0.2, 0) is 4.79 Å². The van der Waals surface area contributed by atoms with Gasteiger partial charge in [-0.05, 0) is 87.5 Å². The zero-order valence-corrected chi connectivity index (χ0v) is 31.6. The molecular weight excluding hydrogens is 592 g/mol. The fraction of sp³-hybridized carbons (Fsp3) is 0.500. The second-order valence-corrected chi connectivity index (χ2v) is 14.9. The van der Waals surface area contributed by atoms with Crippen LogP contribution >= 0.6 is 0 Å². The lowest BCUT2D eigenvalue weighted by Gasteiger charge is -2.32. The molecule has 4 rings (SSSR count). The molecule has 0 heterocycles. The maximum Gasteiger partial charge on any atom is 0.159 e. The maximum absolute atomic E-state index is 10.6. The predicted octanol–water partition coefficient (Wildman–Crippen LogP) is 10.9. The fourth-order valence-electron chi connectivity index (χ4n) is 6.27. The fourth-order valence-corrected chi connectivity index (χ4v) is 6.27. The van der Waals surface area contributed by atoms with Gasteiger partial charge in [0.1, 0.15) is 6.29 Å². The normalized spacial score (nSPS) is 20.4. The van der Waals surface area contributed by atoms with E-state index in [-0.39, 0.29) is 35.2 Å². The van der Waals surface area contributed by atoms with E-state index in [1.54, 1.807) is 13.8 Å². The average Bonchev–Trinajstić information content (AvgIpc) is 3.49. The SMILES string of the molecule is C=C(CC(C)C=O)[C@H]1CC=C(C)C1(C)C.C=C(CC(C)CO)[C@H]1CC=C(C)C1(C)C.CC(=O)c1ccccc1.CC(O)c1ccccc1. The van der Waals surface area contributed by atoms with Gasteiger partial charge in [-0.25, -0.2) is 0 Å². The topological polar surface area (TPSA) is 74.6 Å². The summed E-state index contributed by atoms with van der Waals surface area (Å²) in [6.07, 6.45) is 9.31. The minimum atomic E-state index is -0.341. The van der Waals surface area contributed by atoms with E-state index in [4.69, 9.17) is 10.2 Å². The van der Waals surface area contributed by atoms with E-state index in [1.807, 2.05) is 67.6 Å². The molecule has 0 aromatic heterocycles. The van der Waals surface area contributed by atoms with Crippen LogP contribution in [0, 0.1) is 34.5 Å². The van der Waals surface area contributed by atoms with Crippen molar-refractivity contribution < 1.29 is 19.8 Å². The molecule has 0 aliphatic heterocycles. The first-order valence-electron chi connectivity index (χ1n) is 17.4. The zero-order valence-electron chi connectivity index (χ0n) is 31.6. The third-order valence-corrected chi connectivity index (χ3v) is 10.3. The largest absolute Gasteiger partial charge is 0.396 e. The number of aliphatic hydroxyl groups excluding tert-OH is 2. The first kappa shape index (κ1) is 42.7. The van der Waals surface area contributed by atoms with Gasteiger partial charge >= 0.3 is 0 Å². The Kier molecular flexibility index (Phi) is 18.0. The molecule has 0 amide bonds. The van der Waals surface area contributed by atoms with E-state index in [1.165, 1.54) is 22.3 Å². The second-order valence-electron chi connectivity index (χ2n) is 14.9. The van der Waals surface area contributed by atoms with Crippen LogP contribution in [0.3, 0.4) is 0 Å². The van der Waals surface area contributed by atoms with Gasteiger partial charge in [0, 0.05) is 18.1 Å². The van der Waals surface area contributed by atoms with Crippen LogP contribution in [0.15, 0.2) is 108 Å². The van der Waals surface area contributed by atoms with Crippen LogP contribution in [-0.4, -0.2) is 28.9 Å². The number of hydrogen-bond donors (Lipinski definition) is 2. The van der Waals surface area contributed by atoms with Gasteiger partial charge in [0.15, 0.2) is 5.78 Å². The summed E-state index contributed by atoms with van der Waals surface area (Å²) in [4.78, 5) is 21.3. The standard InChI is InChI=1S/C14H24O.C14H22O.C8H10O.C8H8O/c2*1-10(9-15)8-11(2)13-7-6-12(3)14(13,4)5;2*1-7(9)8-5-3-2-4-6-8/h6,10,13,15H,2,7-9H2,1,3-5H3;6,9-10,13H,2,7-8H2,1,3-5H3;2-7,9H,1H3;2-6H,1H3/t2*10?,13-;;/m11../s1. The first-order valence-corrected chi connectivity index (χ1v) is 17.4. The number of allylic oxidation sites excluding steroid dienone is 6. The lowest BCUT2D eigenvalue weighted by Crippen LogP contribution is -2.23. The molecular formula is C44H64O4. The summed E-state index contributed by atoms with van der Waals surface area (Å²) in [5.74, 6) is 1.64. The average molecular weight is 657 g/mol. The molecule has 2 aromatic rings. The summed E-state index contributed by atoms with van der Waals surface area (Å²) in [6.45, 7) is 29.5. The Bertz CT molecular complexity index is 1360. The van der Waals surface area contributed by atoms with Gasteiger partial charge in [0.05, 0.1) is 6.10 Å². The van der Waals surface area contributed by atoms with Crippen LogP contribution in [0.2, 0.25) is 0 Å². The van der Waals surface area contributed by atoms with E-state index in [0.717, 1.165) is 43.1 Å². The van der Waals surface area contributed by atoms with Crippen LogP contribution < -0.4 is 0 Å². The molecule has 2 aliphatic rings. The summed E-state index contributed by atoms with van der Waals surface area (Å²) >= 11 is 0. The molecule has 0 spiro atoms. The molecule has 2 aromatic carbocycles. The molecule has 0 saturated heterocycles. The molecule has 5 atom stereocenters. The molecule has 0 bridgehead atoms. The number of aldehydes is 1. The van der Waals surface area contributed by atoms with Gasteiger partial charge in [-0.1, -0.05) is 150 Å². The van der Waals surface area contributed by atoms with Crippen LogP contribution in [0.1, 0.15) is 117 Å². The van der Waals surface area contributed by atoms with Gasteiger partial charge < -0.3 is 15.0 Å². The Hall–Kier alpha value is -3.34. The molecule has 0 radical (unpaired) electrons. The number of rotatable bonds is 10. The molecule has 2 N–H and O–H groups in total. The molecule has 4 heteroatoms. The third kappa shape index (κ3) is 13.3. The summed E-state index contributed by atoms with van der Waals surface area (Å²) in [7, 11) is 0. The van der Waals surface area contributed by atoms with Crippen LogP contribution in [0.25, 0.3) is 0 Å². The van der Waals surface area contributed by atoms with E-state index >= 15 is 0 Å². The van der Waals surface area contributed by atoms with Crippen LogP contribution in [0.4, 0.5) is 0 Å². The number of hydrogen-bond acceptors (Lipinski definition) is 4. The molecule has 0 saturated carbocycles. The predicted molar refractivity (Wildman–Crippen MR) is 204 cm³/mol. The van der Waals surface area contributed by atoms with Crippen LogP contribution in [0.5, 0.6) is 0 Å². The number of carbonyl (C=O) groups is 2. The number of benzene rings is 2. The minimum absolute atomic E-state index is 0.106. The highest BCUT2D eigenvalue weighted by Gasteiger charge is 2.37. The van der Waals surface area contributed by atoms with Gasteiger partial charge in [0.25, 0.3) is 0 Å². The van der Waals surface area contributed by atoms with Crippen molar-refractivity contribution in [3.05, 3.63) is 119 Å². The highest BCUT2D eigenvalue weighted by Crippen LogP contribution is 2.48. The summed E-state index contributed by atoms with van der Waals surface area (Å²) < 4.78 is 0. The van der Waals surface area contributed by atoms with Crippen molar-refractivity contribution >= 4 is 12.1 Å². The summed E-state index contributed by atoms with van der Waals surface area (Å²) in [6, 6.07) is 18.8. The number of ketones is 1. The van der Waals surface area contributed by atoms with E-state index in [9.17, 15) is 9.59 Å². The minimum Gasteiger partial charge on any atom is -0.396 e. The van der Waals surface area contributed by atoms with Crippen molar-refractivity contribution in [2.24, 2.45) is 34.5 Å². The highest BCUT2D eigenvalue weighted by molar-refractivity contribution is 5.93. The number of aliphatic hydroxyl groups is 2. The van der Waals surface area contributed by atoms with E-state index in [0.29, 0.717) is 17.8 Å². The monoisotopic (exact) mass is 656 g/mol. The number of Topliss-reactive ketones (excluding diaryl/α,β-unsaturated/α-hetero) is 1. The molecule has 264 valence electrons. The van der Waals surface area contributed by atoms with Crippen molar-refractivity contribution in [2.75, 3.05) is 6.61 Å². The molecule has 48 heavy (non-hydrogen) atoms. The molecule has 4 nitrogen and oxygen atoms in total. The Morgan fingerprint density at radius 1 is 0.812 bits per heavy atom. The Balaban J connectivity index is 0.000000329. The smallest absolute Gasteiger partial charge is 0.159 e. The van der Waals surface area contributed by atoms with Gasteiger partial charge in [-0.15, -0.1) is 0 Å². The molecule has 0 fully saturated rings. The van der Waals surface area contributed by atoms with Gasteiger partial charge in [0.2, 0.25) is 0 Å². The van der Waals surface area contributed by atoms with E-state index in [2.05, 4.69) is 73.8 Å². The molecule has 3 unspecified atom stereocenters. The Labute approximate surface area is 292 Å². The first-order chi connectivity index (χ1) is 22.4. The third-order valence-electron chi connectivity index (χ3n) is 10.3. The Morgan fingerprint density at radius 3 is 1.52 bits per heavy atom. The number of carbonyl (C=O) groups excluding carboxylic acids is 2. The zero-order chi connectivity index (χ0) is 36.7. The quantitative estimate of drug-likeness (QED) is 0.152. The second kappa shape index (κ2) is 20.2. The van der Waals surface area contributed by atoms with E-state index < -0.39 is 0 Å². The van der Waals surface area contributed by atoms with Gasteiger partial charge in [-0.2, -0.15) is 0 Å². The molecule has 2 aliphatic carbocycles. The highest BCUT2D eigenvalue weighted by atomic mass is 16.3. The van der Waals surface area contributed by atoms with Crippen molar-refractivity contribution in [1.82, 2.24) is 0 Å². The maximum atomic E-state index is 10.6. The Morgan fingerprint density at radius 2 is 1.23 bits per heavy atom. The van der Waals surface area contributed by atoms with Crippen molar-refractivity contribution in [3.8, 4) is 0 Å². The van der Waals surface area contributed by atoms with Gasteiger partial charge in [-0.3, -0.25) is 4.79 Å². The van der Waals surface area contributed by atoms with Crippen molar-refractivity contribution in [3.63, 3.8) is 0 Å². The van der Waals surface area contributed by atoms with Crippen molar-refractivity contribution in [1.29, 1.82) is 0 Å². The lowest BCUT2D eigenvalue weighted by molar-refractivity contribution is -0.110. The summed E-state index contributed by atoms with van der Waals surface area (Å²) in [5.41, 5.74) is 7.68. The lowest BCUT2D eigenvalue weighted by atomic mass is 9.73.